The second-order valence-electron chi connectivity index (χ2n) is 5.16. The lowest BCUT2D eigenvalue weighted by molar-refractivity contribution is -0.120. The lowest BCUT2D eigenvalue weighted by atomic mass is 10.1. The summed E-state index contributed by atoms with van der Waals surface area (Å²) in [6.45, 7) is 2.12. The number of carbonyl (C=O) groups is 1. The predicted octanol–water partition coefficient (Wildman–Crippen LogP) is 0.854. The summed E-state index contributed by atoms with van der Waals surface area (Å²) >= 11 is 1.73. The molecule has 92 valence electrons. The maximum Gasteiger partial charge on any atom is 0.234 e. The molecule has 1 aliphatic carbocycles. The van der Waals surface area contributed by atoms with E-state index in [1.807, 2.05) is 0 Å². The average molecular weight is 251 g/mol. The van der Waals surface area contributed by atoms with Crippen molar-refractivity contribution in [2.75, 3.05) is 0 Å². The molecule has 2 heterocycles. The molecule has 0 aromatic carbocycles. The number of nitrogens with one attached hydrogen (secondary N) is 1. The maximum atomic E-state index is 11.2. The second kappa shape index (κ2) is 3.78. The molecule has 17 heavy (non-hydrogen) atoms. The minimum Gasteiger partial charge on any atom is -0.368 e. The minimum atomic E-state index is -0.218. The zero-order valence-corrected chi connectivity index (χ0v) is 10.7. The lowest BCUT2D eigenvalue weighted by Gasteiger charge is -2.15. The van der Waals surface area contributed by atoms with Gasteiger partial charge in [0.15, 0.2) is 0 Å². The third kappa shape index (κ3) is 1.87. The van der Waals surface area contributed by atoms with Gasteiger partial charge in [0.2, 0.25) is 5.91 Å². The molecule has 1 aromatic rings. The summed E-state index contributed by atoms with van der Waals surface area (Å²) < 4.78 is 0. The van der Waals surface area contributed by atoms with Gasteiger partial charge < -0.3 is 5.73 Å². The van der Waals surface area contributed by atoms with Crippen LogP contribution in [0.15, 0.2) is 5.38 Å². The van der Waals surface area contributed by atoms with Crippen molar-refractivity contribution in [2.45, 2.75) is 44.2 Å². The van der Waals surface area contributed by atoms with Gasteiger partial charge >= 0.3 is 0 Å². The van der Waals surface area contributed by atoms with Crippen molar-refractivity contribution < 1.29 is 4.79 Å². The van der Waals surface area contributed by atoms with Gasteiger partial charge in [-0.25, -0.2) is 4.98 Å². The van der Waals surface area contributed by atoms with Gasteiger partial charge in [-0.2, -0.15) is 0 Å². The normalized spacial score (nSPS) is 34.6. The van der Waals surface area contributed by atoms with Crippen molar-refractivity contribution in [1.82, 2.24) is 10.3 Å². The highest BCUT2D eigenvalue weighted by Gasteiger charge is 2.61. The van der Waals surface area contributed by atoms with Gasteiger partial charge in [-0.3, -0.25) is 10.1 Å². The van der Waals surface area contributed by atoms with Crippen molar-refractivity contribution >= 4 is 17.2 Å². The van der Waals surface area contributed by atoms with Crippen LogP contribution in [-0.4, -0.2) is 22.5 Å². The molecule has 1 amide bonds. The first-order valence-electron chi connectivity index (χ1n) is 6.13. The molecule has 5 heteroatoms. The Morgan fingerprint density at radius 1 is 1.76 bits per heavy atom. The van der Waals surface area contributed by atoms with Crippen LogP contribution in [-0.2, 0) is 17.6 Å². The third-order valence-electron chi connectivity index (χ3n) is 3.99. The fourth-order valence-corrected chi connectivity index (χ4v) is 3.88. The van der Waals surface area contributed by atoms with Crippen LogP contribution < -0.4 is 11.1 Å². The van der Waals surface area contributed by atoms with Gasteiger partial charge in [0.05, 0.1) is 16.7 Å². The summed E-state index contributed by atoms with van der Waals surface area (Å²) in [6.07, 6.45) is 4.01. The number of piperidine rings is 1. The van der Waals surface area contributed by atoms with Crippen molar-refractivity contribution in [3.63, 3.8) is 0 Å². The number of amides is 1. The van der Waals surface area contributed by atoms with Crippen LogP contribution in [0.5, 0.6) is 0 Å². The van der Waals surface area contributed by atoms with Crippen LogP contribution >= 0.6 is 11.3 Å². The summed E-state index contributed by atoms with van der Waals surface area (Å²) in [6, 6.07) is -0.126. The first-order chi connectivity index (χ1) is 8.13. The number of aryl methyl sites for hydroxylation is 1. The van der Waals surface area contributed by atoms with E-state index in [0.29, 0.717) is 5.92 Å². The Kier molecular flexibility index (Phi) is 2.48. The number of carbonyl (C=O) groups excluding carboxylic acids is 1. The first-order valence-corrected chi connectivity index (χ1v) is 7.01. The zero-order valence-electron chi connectivity index (χ0n) is 9.90. The molecule has 1 aliphatic heterocycles. The van der Waals surface area contributed by atoms with Gasteiger partial charge in [-0.1, -0.05) is 6.92 Å². The molecule has 3 rings (SSSR count). The fraction of sp³-hybridized carbons (Fsp3) is 0.667. The van der Waals surface area contributed by atoms with Gasteiger partial charge in [0, 0.05) is 17.3 Å². The quantitative estimate of drug-likeness (QED) is 0.833. The number of thiazole rings is 1. The summed E-state index contributed by atoms with van der Waals surface area (Å²) in [4.78, 5) is 15.8. The standard InChI is InChI=1S/C12H17N3OS/c1-2-8-6-17-10(14-8)5-12-4-7(12)3-9(15-12)11(13)16/h6-7,9,15H,2-5H2,1H3,(H2,13,16). The fourth-order valence-electron chi connectivity index (χ4n) is 2.87. The highest BCUT2D eigenvalue weighted by Crippen LogP contribution is 2.53. The van der Waals surface area contributed by atoms with Crippen molar-refractivity contribution in [3.05, 3.63) is 16.1 Å². The molecule has 1 saturated carbocycles. The molecule has 0 radical (unpaired) electrons. The van der Waals surface area contributed by atoms with E-state index in [4.69, 9.17) is 5.73 Å². The van der Waals surface area contributed by atoms with E-state index in [1.54, 1.807) is 11.3 Å². The monoisotopic (exact) mass is 251 g/mol. The molecule has 1 aromatic heterocycles. The van der Waals surface area contributed by atoms with Crippen LogP contribution in [0, 0.1) is 5.92 Å². The smallest absolute Gasteiger partial charge is 0.234 e. The highest BCUT2D eigenvalue weighted by molar-refractivity contribution is 7.09. The van der Waals surface area contributed by atoms with Crippen LogP contribution in [0.1, 0.15) is 30.5 Å². The molecular formula is C12H17N3OS. The van der Waals surface area contributed by atoms with Crippen molar-refractivity contribution in [3.8, 4) is 0 Å². The van der Waals surface area contributed by atoms with Crippen LogP contribution in [0.4, 0.5) is 0 Å². The molecule has 2 fully saturated rings. The molecule has 0 spiro atoms. The predicted molar refractivity (Wildman–Crippen MR) is 66.8 cm³/mol. The summed E-state index contributed by atoms with van der Waals surface area (Å²) in [5, 5.41) is 6.72. The number of hydrogen-bond acceptors (Lipinski definition) is 4. The average Bonchev–Trinajstić information content (AvgIpc) is 2.67. The zero-order chi connectivity index (χ0) is 12.0. The SMILES string of the molecule is CCc1csc(CC23CC2CC(C(N)=O)N3)n1. The molecule has 0 bridgehead atoms. The molecule has 3 unspecified atom stereocenters. The second-order valence-corrected chi connectivity index (χ2v) is 6.10. The Labute approximate surface area is 105 Å². The van der Waals surface area contributed by atoms with E-state index in [-0.39, 0.29) is 17.5 Å². The largest absolute Gasteiger partial charge is 0.368 e. The number of nitrogens with zero attached hydrogens (tertiary/aromatic N) is 1. The van der Waals surface area contributed by atoms with Crippen molar-refractivity contribution in [2.24, 2.45) is 11.7 Å². The number of aromatic nitrogens is 1. The number of fused-ring (bicyclic) bond motifs is 1. The number of primary amides is 1. The Bertz CT molecular complexity index is 458. The summed E-state index contributed by atoms with van der Waals surface area (Å²) in [5.41, 5.74) is 6.64. The van der Waals surface area contributed by atoms with Gasteiger partial charge in [-0.15, -0.1) is 11.3 Å². The third-order valence-corrected chi connectivity index (χ3v) is 4.88. The van der Waals surface area contributed by atoms with E-state index in [1.165, 1.54) is 10.7 Å². The molecule has 2 aliphatic rings. The Morgan fingerprint density at radius 3 is 3.18 bits per heavy atom. The molecule has 3 atom stereocenters. The molecule has 3 N–H and O–H groups in total. The van der Waals surface area contributed by atoms with Crippen LogP contribution in [0.3, 0.4) is 0 Å². The number of nitrogens with two attached hydrogens (primary N) is 1. The Hall–Kier alpha value is -0.940. The van der Waals surface area contributed by atoms with E-state index in [9.17, 15) is 4.79 Å². The number of rotatable bonds is 4. The Morgan fingerprint density at radius 2 is 2.59 bits per heavy atom. The summed E-state index contributed by atoms with van der Waals surface area (Å²) in [7, 11) is 0. The van der Waals surface area contributed by atoms with E-state index >= 15 is 0 Å². The molecule has 4 nitrogen and oxygen atoms in total. The van der Waals surface area contributed by atoms with Crippen LogP contribution in [0.2, 0.25) is 0 Å². The van der Waals surface area contributed by atoms with E-state index in [0.717, 1.165) is 25.7 Å². The topological polar surface area (TPSA) is 68.0 Å². The number of hydrogen-bond donors (Lipinski definition) is 2. The maximum absolute atomic E-state index is 11.2. The first kappa shape index (κ1) is 11.2. The highest BCUT2D eigenvalue weighted by atomic mass is 32.1. The van der Waals surface area contributed by atoms with Crippen molar-refractivity contribution in [1.29, 1.82) is 0 Å². The van der Waals surface area contributed by atoms with E-state index in [2.05, 4.69) is 22.6 Å². The Balaban J connectivity index is 1.69. The molecule has 1 saturated heterocycles. The molecular weight excluding hydrogens is 234 g/mol. The van der Waals surface area contributed by atoms with Gasteiger partial charge in [0.1, 0.15) is 0 Å². The minimum absolute atomic E-state index is 0.126. The van der Waals surface area contributed by atoms with Crippen LogP contribution in [0.25, 0.3) is 0 Å². The lowest BCUT2D eigenvalue weighted by Crippen LogP contribution is -2.44. The van der Waals surface area contributed by atoms with Gasteiger partial charge in [0.25, 0.3) is 0 Å². The van der Waals surface area contributed by atoms with E-state index < -0.39 is 0 Å². The van der Waals surface area contributed by atoms with Gasteiger partial charge in [-0.05, 0) is 25.2 Å². The summed E-state index contributed by atoms with van der Waals surface area (Å²) in [5.74, 6) is 0.402.